The molecule has 5 nitrogen and oxygen atoms in total. The van der Waals surface area contributed by atoms with Crippen LogP contribution in [0.2, 0.25) is 0 Å². The fourth-order valence-corrected chi connectivity index (χ4v) is 3.68. The average molecular weight is 286 g/mol. The van der Waals surface area contributed by atoms with Gasteiger partial charge in [0.1, 0.15) is 0 Å². The number of rotatable bonds is 7. The average Bonchev–Trinajstić information content (AvgIpc) is 3.09. The Kier molecular flexibility index (Phi) is 5.81. The van der Waals surface area contributed by atoms with E-state index in [1.54, 1.807) is 14.2 Å². The van der Waals surface area contributed by atoms with E-state index in [0.717, 1.165) is 45.3 Å². The summed E-state index contributed by atoms with van der Waals surface area (Å²) in [5, 5.41) is 13.3. The van der Waals surface area contributed by atoms with E-state index in [1.165, 1.54) is 0 Å². The molecule has 5 heteroatoms. The largest absolute Gasteiger partial charge is 0.394 e. The molecule has 1 aliphatic heterocycles. The van der Waals surface area contributed by atoms with Gasteiger partial charge < -0.3 is 19.9 Å². The van der Waals surface area contributed by atoms with Gasteiger partial charge in [0.25, 0.3) is 0 Å². The van der Waals surface area contributed by atoms with E-state index in [4.69, 9.17) is 9.47 Å². The molecule has 1 heterocycles. The maximum Gasteiger partial charge on any atom is 0.0971 e. The third-order valence-electron chi connectivity index (χ3n) is 5.00. The smallest absolute Gasteiger partial charge is 0.0971 e. The number of hydrogen-bond donors (Lipinski definition) is 2. The summed E-state index contributed by atoms with van der Waals surface area (Å²) in [6, 6.07) is 0.532. The highest BCUT2D eigenvalue weighted by Crippen LogP contribution is 2.35. The summed E-state index contributed by atoms with van der Waals surface area (Å²) in [4.78, 5) is 2.48. The van der Waals surface area contributed by atoms with Crippen molar-refractivity contribution in [2.45, 2.75) is 56.4 Å². The Morgan fingerprint density at radius 2 is 1.90 bits per heavy atom. The Hall–Kier alpha value is -0.200. The number of likely N-dealkylation sites (tertiary alicyclic amines) is 1. The van der Waals surface area contributed by atoms with E-state index < -0.39 is 0 Å². The molecule has 0 spiro atoms. The Labute approximate surface area is 122 Å². The number of ether oxygens (including phenoxy) is 2. The van der Waals surface area contributed by atoms with Crippen LogP contribution < -0.4 is 5.32 Å². The molecule has 1 aliphatic carbocycles. The van der Waals surface area contributed by atoms with Crippen LogP contribution in [-0.2, 0) is 9.47 Å². The van der Waals surface area contributed by atoms with Crippen LogP contribution in [0.5, 0.6) is 0 Å². The Balaban J connectivity index is 1.92. The molecule has 118 valence electrons. The second-order valence-electron chi connectivity index (χ2n) is 6.26. The molecule has 4 unspecified atom stereocenters. The zero-order valence-electron chi connectivity index (χ0n) is 13.1. The summed E-state index contributed by atoms with van der Waals surface area (Å²) >= 11 is 0. The molecule has 4 atom stereocenters. The lowest BCUT2D eigenvalue weighted by molar-refractivity contribution is -0.00461. The van der Waals surface area contributed by atoms with Gasteiger partial charge >= 0.3 is 0 Å². The molecule has 2 fully saturated rings. The van der Waals surface area contributed by atoms with E-state index in [-0.39, 0.29) is 24.4 Å². The summed E-state index contributed by atoms with van der Waals surface area (Å²) < 4.78 is 11.0. The maximum absolute atomic E-state index is 9.77. The minimum atomic E-state index is -0.0750. The molecule has 0 amide bonds. The lowest BCUT2D eigenvalue weighted by atomic mass is 9.98. The fraction of sp³-hybridized carbons (Fsp3) is 1.00. The van der Waals surface area contributed by atoms with Crippen molar-refractivity contribution in [2.75, 3.05) is 40.5 Å². The van der Waals surface area contributed by atoms with Crippen molar-refractivity contribution >= 4 is 0 Å². The van der Waals surface area contributed by atoms with E-state index in [0.29, 0.717) is 6.04 Å². The molecule has 0 aromatic heterocycles. The van der Waals surface area contributed by atoms with Crippen LogP contribution in [-0.4, -0.2) is 74.3 Å². The standard InChI is InChI=1S/C15H30N2O3/c1-4-7-16-15(11-18)6-5-12(8-15)17-9-13(19-2)14(10-17)20-3/h12-14,16,18H,4-11H2,1-3H3. The second kappa shape index (κ2) is 7.18. The first kappa shape index (κ1) is 16.2. The monoisotopic (exact) mass is 286 g/mol. The lowest BCUT2D eigenvalue weighted by Gasteiger charge is -2.30. The van der Waals surface area contributed by atoms with Crippen LogP contribution in [0.4, 0.5) is 0 Å². The summed E-state index contributed by atoms with van der Waals surface area (Å²) in [6.45, 7) is 5.26. The van der Waals surface area contributed by atoms with Gasteiger partial charge in [-0.25, -0.2) is 0 Å². The minimum Gasteiger partial charge on any atom is -0.394 e. The predicted molar refractivity (Wildman–Crippen MR) is 78.9 cm³/mol. The first-order valence-electron chi connectivity index (χ1n) is 7.83. The highest BCUT2D eigenvalue weighted by molar-refractivity contribution is 5.02. The molecule has 20 heavy (non-hydrogen) atoms. The van der Waals surface area contributed by atoms with Gasteiger partial charge in [-0.2, -0.15) is 0 Å². The van der Waals surface area contributed by atoms with Gasteiger partial charge in [-0.3, -0.25) is 4.90 Å². The third-order valence-corrected chi connectivity index (χ3v) is 5.00. The predicted octanol–water partition coefficient (Wildman–Crippen LogP) is 0.615. The number of nitrogens with one attached hydrogen (secondary N) is 1. The summed E-state index contributed by atoms with van der Waals surface area (Å²) in [5.41, 5.74) is -0.0750. The van der Waals surface area contributed by atoms with Crippen molar-refractivity contribution in [3.05, 3.63) is 0 Å². The zero-order valence-corrected chi connectivity index (χ0v) is 13.1. The van der Waals surface area contributed by atoms with Crippen LogP contribution in [0.25, 0.3) is 0 Å². The molecule has 1 saturated heterocycles. The van der Waals surface area contributed by atoms with Gasteiger partial charge in [0.05, 0.1) is 18.8 Å². The normalized spacial score (nSPS) is 38.7. The van der Waals surface area contributed by atoms with Crippen LogP contribution in [0.15, 0.2) is 0 Å². The highest BCUT2D eigenvalue weighted by Gasteiger charge is 2.44. The molecule has 2 rings (SSSR count). The van der Waals surface area contributed by atoms with Crippen molar-refractivity contribution in [3.63, 3.8) is 0 Å². The fourth-order valence-electron chi connectivity index (χ4n) is 3.68. The molecule has 2 aliphatic rings. The van der Waals surface area contributed by atoms with Crippen molar-refractivity contribution in [2.24, 2.45) is 0 Å². The first-order chi connectivity index (χ1) is 9.68. The molecular formula is C15H30N2O3. The minimum absolute atomic E-state index is 0.0750. The first-order valence-corrected chi connectivity index (χ1v) is 7.83. The highest BCUT2D eigenvalue weighted by atomic mass is 16.5. The Bertz CT molecular complexity index is 291. The zero-order chi connectivity index (χ0) is 14.6. The lowest BCUT2D eigenvalue weighted by Crippen LogP contribution is -2.48. The van der Waals surface area contributed by atoms with Gasteiger partial charge in [0.2, 0.25) is 0 Å². The topological polar surface area (TPSA) is 54.0 Å². The van der Waals surface area contributed by atoms with Crippen LogP contribution in [0, 0.1) is 0 Å². The van der Waals surface area contributed by atoms with Crippen LogP contribution in [0.3, 0.4) is 0 Å². The Morgan fingerprint density at radius 3 is 2.40 bits per heavy atom. The van der Waals surface area contributed by atoms with Gasteiger partial charge in [0, 0.05) is 38.9 Å². The second-order valence-corrected chi connectivity index (χ2v) is 6.26. The summed E-state index contributed by atoms with van der Waals surface area (Å²) in [7, 11) is 3.52. The van der Waals surface area contributed by atoms with Crippen molar-refractivity contribution in [3.8, 4) is 0 Å². The molecule has 2 N–H and O–H groups in total. The summed E-state index contributed by atoms with van der Waals surface area (Å²) in [5.74, 6) is 0. The van der Waals surface area contributed by atoms with Gasteiger partial charge in [0.15, 0.2) is 0 Å². The van der Waals surface area contributed by atoms with Crippen molar-refractivity contribution in [1.29, 1.82) is 0 Å². The van der Waals surface area contributed by atoms with E-state index in [2.05, 4.69) is 17.1 Å². The quantitative estimate of drug-likeness (QED) is 0.718. The number of nitrogens with zero attached hydrogens (tertiary/aromatic N) is 1. The molecule has 0 bridgehead atoms. The van der Waals surface area contributed by atoms with Gasteiger partial charge in [-0.05, 0) is 32.2 Å². The SMILES string of the molecule is CCCNC1(CO)CCC(N2CC(OC)C(OC)C2)C1. The van der Waals surface area contributed by atoms with E-state index >= 15 is 0 Å². The molecular weight excluding hydrogens is 256 g/mol. The van der Waals surface area contributed by atoms with Gasteiger partial charge in [-0.15, -0.1) is 0 Å². The number of aliphatic hydroxyl groups excluding tert-OH is 1. The number of methoxy groups -OCH3 is 2. The third kappa shape index (κ3) is 3.34. The van der Waals surface area contributed by atoms with Crippen molar-refractivity contribution < 1.29 is 14.6 Å². The Morgan fingerprint density at radius 1 is 1.25 bits per heavy atom. The van der Waals surface area contributed by atoms with Crippen LogP contribution in [0.1, 0.15) is 32.6 Å². The number of hydrogen-bond acceptors (Lipinski definition) is 5. The molecule has 0 aromatic carbocycles. The van der Waals surface area contributed by atoms with E-state index in [9.17, 15) is 5.11 Å². The molecule has 1 saturated carbocycles. The van der Waals surface area contributed by atoms with E-state index in [1.807, 2.05) is 0 Å². The maximum atomic E-state index is 9.77. The molecule has 0 aromatic rings. The van der Waals surface area contributed by atoms with Gasteiger partial charge in [-0.1, -0.05) is 6.92 Å². The van der Waals surface area contributed by atoms with Crippen molar-refractivity contribution in [1.82, 2.24) is 10.2 Å². The number of aliphatic hydroxyl groups is 1. The molecule has 0 radical (unpaired) electrons. The summed E-state index contributed by atoms with van der Waals surface area (Å²) in [6.07, 6.45) is 4.68. The van der Waals surface area contributed by atoms with Crippen LogP contribution >= 0.6 is 0 Å².